The Morgan fingerprint density at radius 3 is 2.76 bits per heavy atom. The second-order valence-electron chi connectivity index (χ2n) is 3.41. The number of hydrogen-bond acceptors (Lipinski definition) is 3. The molecule has 0 unspecified atom stereocenters. The largest absolute Gasteiger partial charge is 0.463 e. The van der Waals surface area contributed by atoms with E-state index in [0.717, 1.165) is 11.0 Å². The highest BCUT2D eigenvalue weighted by Crippen LogP contribution is 2.09. The molecule has 0 radical (unpaired) electrons. The van der Waals surface area contributed by atoms with Crippen LogP contribution in [0.15, 0.2) is 40.9 Å². The van der Waals surface area contributed by atoms with Crippen LogP contribution in [0.5, 0.6) is 0 Å². The summed E-state index contributed by atoms with van der Waals surface area (Å²) in [4.78, 5) is 11.0. The standard InChI is InChI=1S/C13H16BrNO2/c1-2-17-13(16)4-3-9-15-10-11-5-7-12(14)8-6-11/h3-8,15H,2,9-10H2,1H3/b4-3+. The molecule has 0 aromatic heterocycles. The minimum absolute atomic E-state index is 0.294. The van der Waals surface area contributed by atoms with E-state index in [4.69, 9.17) is 4.74 Å². The van der Waals surface area contributed by atoms with Crippen LogP contribution in [-0.4, -0.2) is 19.1 Å². The lowest BCUT2D eigenvalue weighted by atomic mass is 10.2. The average molecular weight is 298 g/mol. The van der Waals surface area contributed by atoms with Crippen LogP contribution in [0.4, 0.5) is 0 Å². The third-order valence-corrected chi connectivity index (χ3v) is 2.57. The van der Waals surface area contributed by atoms with E-state index >= 15 is 0 Å². The predicted molar refractivity (Wildman–Crippen MR) is 71.6 cm³/mol. The van der Waals surface area contributed by atoms with Crippen LogP contribution in [0.25, 0.3) is 0 Å². The first kappa shape index (κ1) is 13.9. The van der Waals surface area contributed by atoms with Crippen LogP contribution in [0.3, 0.4) is 0 Å². The third-order valence-electron chi connectivity index (χ3n) is 2.05. The van der Waals surface area contributed by atoms with Gasteiger partial charge in [0.2, 0.25) is 0 Å². The van der Waals surface area contributed by atoms with Crippen molar-refractivity contribution in [2.24, 2.45) is 0 Å². The van der Waals surface area contributed by atoms with Gasteiger partial charge in [-0.3, -0.25) is 0 Å². The molecule has 0 atom stereocenters. The van der Waals surface area contributed by atoms with Gasteiger partial charge >= 0.3 is 5.97 Å². The van der Waals surface area contributed by atoms with E-state index in [1.165, 1.54) is 11.6 Å². The van der Waals surface area contributed by atoms with Crippen molar-refractivity contribution in [1.29, 1.82) is 0 Å². The van der Waals surface area contributed by atoms with Crippen molar-refractivity contribution in [2.75, 3.05) is 13.2 Å². The average Bonchev–Trinajstić information content (AvgIpc) is 2.31. The molecule has 0 aliphatic heterocycles. The topological polar surface area (TPSA) is 38.3 Å². The van der Waals surface area contributed by atoms with Gasteiger partial charge in [0.15, 0.2) is 0 Å². The lowest BCUT2D eigenvalue weighted by Crippen LogP contribution is -2.13. The molecule has 4 heteroatoms. The molecule has 0 heterocycles. The van der Waals surface area contributed by atoms with E-state index in [-0.39, 0.29) is 5.97 Å². The zero-order chi connectivity index (χ0) is 12.5. The highest BCUT2D eigenvalue weighted by molar-refractivity contribution is 9.10. The highest BCUT2D eigenvalue weighted by atomic mass is 79.9. The molecule has 0 bridgehead atoms. The zero-order valence-corrected chi connectivity index (χ0v) is 11.4. The number of benzene rings is 1. The molecule has 92 valence electrons. The normalized spacial score (nSPS) is 10.7. The monoisotopic (exact) mass is 297 g/mol. The molecule has 1 aromatic rings. The number of carbonyl (C=O) groups is 1. The molecular formula is C13H16BrNO2. The van der Waals surface area contributed by atoms with Gasteiger partial charge in [0.25, 0.3) is 0 Å². The molecule has 17 heavy (non-hydrogen) atoms. The minimum Gasteiger partial charge on any atom is -0.463 e. The van der Waals surface area contributed by atoms with Gasteiger partial charge in [-0.15, -0.1) is 0 Å². The fourth-order valence-corrected chi connectivity index (χ4v) is 1.51. The van der Waals surface area contributed by atoms with Crippen LogP contribution in [0.2, 0.25) is 0 Å². The van der Waals surface area contributed by atoms with Crippen LogP contribution >= 0.6 is 15.9 Å². The fourth-order valence-electron chi connectivity index (χ4n) is 1.25. The quantitative estimate of drug-likeness (QED) is 0.498. The Kier molecular flexibility index (Phi) is 6.58. The number of ether oxygens (including phenoxy) is 1. The summed E-state index contributed by atoms with van der Waals surface area (Å²) >= 11 is 3.39. The molecule has 3 nitrogen and oxygen atoms in total. The maximum Gasteiger partial charge on any atom is 0.330 e. The summed E-state index contributed by atoms with van der Waals surface area (Å²) in [5, 5.41) is 3.21. The summed E-state index contributed by atoms with van der Waals surface area (Å²) in [5.41, 5.74) is 1.21. The predicted octanol–water partition coefficient (Wildman–Crippen LogP) is 2.66. The SMILES string of the molecule is CCOC(=O)/C=C/CNCc1ccc(Br)cc1. The summed E-state index contributed by atoms with van der Waals surface area (Å²) in [6.07, 6.45) is 3.20. The van der Waals surface area contributed by atoms with Crippen molar-refractivity contribution in [1.82, 2.24) is 5.32 Å². The summed E-state index contributed by atoms with van der Waals surface area (Å²) in [5.74, 6) is -0.294. The molecule has 0 saturated carbocycles. The Morgan fingerprint density at radius 2 is 2.12 bits per heavy atom. The maximum atomic E-state index is 11.0. The van der Waals surface area contributed by atoms with E-state index in [1.54, 1.807) is 13.0 Å². The number of carbonyl (C=O) groups excluding carboxylic acids is 1. The Hall–Kier alpha value is -1.13. The van der Waals surface area contributed by atoms with Crippen molar-refractivity contribution < 1.29 is 9.53 Å². The van der Waals surface area contributed by atoms with Gasteiger partial charge in [-0.2, -0.15) is 0 Å². The maximum absolute atomic E-state index is 11.0. The second kappa shape index (κ2) is 8.03. The fraction of sp³-hybridized carbons (Fsp3) is 0.308. The molecule has 0 fully saturated rings. The van der Waals surface area contributed by atoms with Gasteiger partial charge in [-0.05, 0) is 24.6 Å². The van der Waals surface area contributed by atoms with E-state index in [0.29, 0.717) is 13.2 Å². The van der Waals surface area contributed by atoms with E-state index < -0.39 is 0 Å². The van der Waals surface area contributed by atoms with E-state index in [9.17, 15) is 4.79 Å². The van der Waals surface area contributed by atoms with Gasteiger partial charge < -0.3 is 10.1 Å². The van der Waals surface area contributed by atoms with Crippen LogP contribution in [-0.2, 0) is 16.1 Å². The summed E-state index contributed by atoms with van der Waals surface area (Å²) in [6, 6.07) is 8.11. The van der Waals surface area contributed by atoms with Gasteiger partial charge in [-0.1, -0.05) is 34.1 Å². The van der Waals surface area contributed by atoms with Gasteiger partial charge in [0.05, 0.1) is 6.61 Å². The Morgan fingerprint density at radius 1 is 1.41 bits per heavy atom. The van der Waals surface area contributed by atoms with Crippen LogP contribution in [0.1, 0.15) is 12.5 Å². The van der Waals surface area contributed by atoms with Crippen molar-refractivity contribution in [3.8, 4) is 0 Å². The van der Waals surface area contributed by atoms with Gasteiger partial charge in [0, 0.05) is 23.6 Å². The molecule has 0 amide bonds. The number of esters is 1. The molecule has 1 rings (SSSR count). The molecule has 1 N–H and O–H groups in total. The summed E-state index contributed by atoms with van der Waals surface area (Å²) in [6.45, 7) is 3.63. The van der Waals surface area contributed by atoms with Crippen LogP contribution in [0, 0.1) is 0 Å². The highest BCUT2D eigenvalue weighted by Gasteiger charge is 1.93. The number of halogens is 1. The van der Waals surface area contributed by atoms with Gasteiger partial charge in [-0.25, -0.2) is 4.79 Å². The Bertz CT molecular complexity index is 374. The van der Waals surface area contributed by atoms with Gasteiger partial charge in [0.1, 0.15) is 0 Å². The summed E-state index contributed by atoms with van der Waals surface area (Å²) < 4.78 is 5.83. The van der Waals surface area contributed by atoms with Crippen LogP contribution < -0.4 is 5.32 Å². The Balaban J connectivity index is 2.20. The zero-order valence-electron chi connectivity index (χ0n) is 9.78. The first-order valence-corrected chi connectivity index (χ1v) is 6.30. The van der Waals surface area contributed by atoms with Crippen molar-refractivity contribution in [3.05, 3.63) is 46.5 Å². The smallest absolute Gasteiger partial charge is 0.330 e. The van der Waals surface area contributed by atoms with Crippen molar-refractivity contribution >= 4 is 21.9 Å². The molecule has 0 saturated heterocycles. The molecular weight excluding hydrogens is 282 g/mol. The van der Waals surface area contributed by atoms with E-state index in [2.05, 4.69) is 21.2 Å². The first-order chi connectivity index (χ1) is 8.22. The van der Waals surface area contributed by atoms with Crippen molar-refractivity contribution in [2.45, 2.75) is 13.5 Å². The molecule has 1 aromatic carbocycles. The van der Waals surface area contributed by atoms with Crippen molar-refractivity contribution in [3.63, 3.8) is 0 Å². The lowest BCUT2D eigenvalue weighted by Gasteiger charge is -2.02. The molecule has 0 aliphatic rings. The lowest BCUT2D eigenvalue weighted by molar-refractivity contribution is -0.137. The number of nitrogens with one attached hydrogen (secondary N) is 1. The summed E-state index contributed by atoms with van der Waals surface area (Å²) in [7, 11) is 0. The third kappa shape index (κ3) is 6.24. The minimum atomic E-state index is -0.294. The number of rotatable bonds is 6. The number of hydrogen-bond donors (Lipinski definition) is 1. The van der Waals surface area contributed by atoms with E-state index in [1.807, 2.05) is 24.3 Å². The first-order valence-electron chi connectivity index (χ1n) is 5.51. The molecule has 0 aliphatic carbocycles. The Labute approximate surface area is 110 Å². The second-order valence-corrected chi connectivity index (χ2v) is 4.33. The molecule has 0 spiro atoms.